The highest BCUT2D eigenvalue weighted by Gasteiger charge is 2.32. The molecule has 0 spiro atoms. The smallest absolute Gasteiger partial charge is 0.321 e. The summed E-state index contributed by atoms with van der Waals surface area (Å²) >= 11 is 0. The zero-order valence-electron chi connectivity index (χ0n) is 13.7. The van der Waals surface area contributed by atoms with Gasteiger partial charge in [-0.1, -0.05) is 6.42 Å². The first-order chi connectivity index (χ1) is 11.7. The molecule has 1 aromatic heterocycles. The monoisotopic (exact) mass is 326 g/mol. The van der Waals surface area contributed by atoms with E-state index in [4.69, 9.17) is 10.5 Å². The van der Waals surface area contributed by atoms with Crippen LogP contribution in [0.4, 0.5) is 5.69 Å². The van der Waals surface area contributed by atoms with E-state index in [-0.39, 0.29) is 11.8 Å². The number of aromatic nitrogens is 2. The van der Waals surface area contributed by atoms with Crippen LogP contribution in [0.25, 0.3) is 0 Å². The second-order valence-electron chi connectivity index (χ2n) is 6.13. The fourth-order valence-corrected chi connectivity index (χ4v) is 3.17. The van der Waals surface area contributed by atoms with E-state index in [9.17, 15) is 4.79 Å². The van der Waals surface area contributed by atoms with Gasteiger partial charge >= 0.3 is 6.01 Å². The van der Waals surface area contributed by atoms with Gasteiger partial charge in [0.2, 0.25) is 5.91 Å². The molecule has 1 saturated carbocycles. The molecule has 6 nitrogen and oxygen atoms in total. The Bertz CT molecular complexity index is 705. The van der Waals surface area contributed by atoms with Gasteiger partial charge in [-0.05, 0) is 62.1 Å². The van der Waals surface area contributed by atoms with Crippen LogP contribution < -0.4 is 15.8 Å². The SMILES string of the molecule is Cc1cc(Oc2ncccn2)ccc1NC(=O)[C@@H]1CCC[C@@H]1CN. The van der Waals surface area contributed by atoms with E-state index in [1.165, 1.54) is 0 Å². The number of nitrogens with zero attached hydrogens (tertiary/aromatic N) is 2. The van der Waals surface area contributed by atoms with E-state index >= 15 is 0 Å². The molecule has 1 aliphatic carbocycles. The molecule has 0 radical (unpaired) electrons. The van der Waals surface area contributed by atoms with Crippen molar-refractivity contribution in [3.63, 3.8) is 0 Å². The minimum absolute atomic E-state index is 0.0167. The molecule has 0 aliphatic heterocycles. The molecular weight excluding hydrogens is 304 g/mol. The molecule has 126 valence electrons. The Morgan fingerprint density at radius 3 is 2.83 bits per heavy atom. The number of rotatable bonds is 5. The summed E-state index contributed by atoms with van der Waals surface area (Å²) < 4.78 is 5.60. The number of benzene rings is 1. The highest BCUT2D eigenvalue weighted by atomic mass is 16.5. The van der Waals surface area contributed by atoms with Crippen LogP contribution in [0.3, 0.4) is 0 Å². The quantitative estimate of drug-likeness (QED) is 0.881. The van der Waals surface area contributed by atoms with Gasteiger partial charge in [0, 0.05) is 24.0 Å². The molecule has 1 amide bonds. The predicted molar refractivity (Wildman–Crippen MR) is 91.8 cm³/mol. The summed E-state index contributed by atoms with van der Waals surface area (Å²) in [6, 6.07) is 7.53. The maximum atomic E-state index is 12.5. The van der Waals surface area contributed by atoms with E-state index in [2.05, 4.69) is 15.3 Å². The number of carbonyl (C=O) groups excluding carboxylic acids is 1. The molecule has 0 bridgehead atoms. The van der Waals surface area contributed by atoms with Gasteiger partial charge in [-0.3, -0.25) is 4.79 Å². The van der Waals surface area contributed by atoms with Crippen LogP contribution in [0.2, 0.25) is 0 Å². The molecule has 2 aromatic rings. The molecule has 6 heteroatoms. The Morgan fingerprint density at radius 1 is 1.33 bits per heavy atom. The summed E-state index contributed by atoms with van der Waals surface area (Å²) in [4.78, 5) is 20.6. The zero-order valence-corrected chi connectivity index (χ0v) is 13.7. The summed E-state index contributed by atoms with van der Waals surface area (Å²) in [6.45, 7) is 2.50. The van der Waals surface area contributed by atoms with Crippen molar-refractivity contribution in [3.05, 3.63) is 42.2 Å². The fourth-order valence-electron chi connectivity index (χ4n) is 3.17. The second-order valence-corrected chi connectivity index (χ2v) is 6.13. The van der Waals surface area contributed by atoms with Gasteiger partial charge in [-0.15, -0.1) is 0 Å². The predicted octanol–water partition coefficient (Wildman–Crippen LogP) is 2.89. The highest BCUT2D eigenvalue weighted by molar-refractivity contribution is 5.93. The average molecular weight is 326 g/mol. The lowest BCUT2D eigenvalue weighted by Gasteiger charge is -2.18. The van der Waals surface area contributed by atoms with E-state index < -0.39 is 0 Å². The number of ether oxygens (including phenoxy) is 1. The van der Waals surface area contributed by atoms with Crippen molar-refractivity contribution >= 4 is 11.6 Å². The fraction of sp³-hybridized carbons (Fsp3) is 0.389. The minimum Gasteiger partial charge on any atom is -0.424 e. The summed E-state index contributed by atoms with van der Waals surface area (Å²) in [6.07, 6.45) is 6.28. The summed E-state index contributed by atoms with van der Waals surface area (Å²) in [5.41, 5.74) is 7.50. The van der Waals surface area contributed by atoms with E-state index in [1.807, 2.05) is 19.1 Å². The second kappa shape index (κ2) is 7.40. The van der Waals surface area contributed by atoms with Crippen LogP contribution in [0, 0.1) is 18.8 Å². The molecule has 1 fully saturated rings. The Labute approximate surface area is 141 Å². The van der Waals surface area contributed by atoms with Gasteiger partial charge in [0.1, 0.15) is 5.75 Å². The number of nitrogens with one attached hydrogen (secondary N) is 1. The molecule has 0 unspecified atom stereocenters. The zero-order chi connectivity index (χ0) is 16.9. The number of nitrogens with two attached hydrogens (primary N) is 1. The van der Waals surface area contributed by atoms with E-state index in [0.29, 0.717) is 24.2 Å². The van der Waals surface area contributed by atoms with Crippen LogP contribution in [0.5, 0.6) is 11.8 Å². The number of anilines is 1. The van der Waals surface area contributed by atoms with Crippen LogP contribution in [0.15, 0.2) is 36.7 Å². The number of carbonyl (C=O) groups is 1. The number of hydrogen-bond donors (Lipinski definition) is 2. The van der Waals surface area contributed by atoms with Gasteiger partial charge < -0.3 is 15.8 Å². The normalized spacial score (nSPS) is 19.9. The lowest BCUT2D eigenvalue weighted by Crippen LogP contribution is -2.29. The third-order valence-corrected chi connectivity index (χ3v) is 4.51. The van der Waals surface area contributed by atoms with Gasteiger partial charge in [0.15, 0.2) is 0 Å². The van der Waals surface area contributed by atoms with Crippen molar-refractivity contribution in [2.45, 2.75) is 26.2 Å². The molecule has 24 heavy (non-hydrogen) atoms. The van der Waals surface area contributed by atoms with E-state index in [0.717, 1.165) is 30.5 Å². The molecule has 1 aliphatic rings. The topological polar surface area (TPSA) is 90.1 Å². The van der Waals surface area contributed by atoms with Crippen molar-refractivity contribution < 1.29 is 9.53 Å². The largest absolute Gasteiger partial charge is 0.424 e. The lowest BCUT2D eigenvalue weighted by molar-refractivity contribution is -0.120. The third kappa shape index (κ3) is 3.71. The van der Waals surface area contributed by atoms with Gasteiger partial charge in [0.05, 0.1) is 0 Å². The summed E-state index contributed by atoms with van der Waals surface area (Å²) in [5.74, 6) is 1.01. The number of amides is 1. The first-order valence-electron chi connectivity index (χ1n) is 8.24. The molecule has 0 saturated heterocycles. The molecule has 3 N–H and O–H groups in total. The third-order valence-electron chi connectivity index (χ3n) is 4.51. The Morgan fingerprint density at radius 2 is 2.12 bits per heavy atom. The molecule has 3 rings (SSSR count). The minimum atomic E-state index is 0.0167. The molecular formula is C18H22N4O2. The molecule has 2 atom stereocenters. The standard InChI is InChI=1S/C18H22N4O2/c1-12-10-14(24-18-20-8-3-9-21-18)6-7-16(12)22-17(23)15-5-2-4-13(15)11-19/h3,6-10,13,15H,2,4-5,11,19H2,1H3,(H,22,23)/t13-,15-/m1/s1. The van der Waals surface area contributed by atoms with Crippen molar-refractivity contribution in [2.24, 2.45) is 17.6 Å². The Balaban J connectivity index is 1.67. The summed E-state index contributed by atoms with van der Waals surface area (Å²) in [5, 5.41) is 3.03. The first-order valence-corrected chi connectivity index (χ1v) is 8.24. The maximum Gasteiger partial charge on any atom is 0.321 e. The lowest BCUT2D eigenvalue weighted by atomic mass is 9.95. The average Bonchev–Trinajstić information content (AvgIpc) is 3.07. The maximum absolute atomic E-state index is 12.5. The first kappa shape index (κ1) is 16.4. The number of aryl methyl sites for hydroxylation is 1. The molecule has 1 aromatic carbocycles. The number of hydrogen-bond acceptors (Lipinski definition) is 5. The van der Waals surface area contributed by atoms with Crippen LogP contribution in [-0.2, 0) is 4.79 Å². The Hall–Kier alpha value is -2.47. The summed E-state index contributed by atoms with van der Waals surface area (Å²) in [7, 11) is 0. The highest BCUT2D eigenvalue weighted by Crippen LogP contribution is 2.32. The van der Waals surface area contributed by atoms with Crippen LogP contribution in [-0.4, -0.2) is 22.4 Å². The van der Waals surface area contributed by atoms with Crippen LogP contribution >= 0.6 is 0 Å². The van der Waals surface area contributed by atoms with E-state index in [1.54, 1.807) is 24.5 Å². The van der Waals surface area contributed by atoms with Gasteiger partial charge in [-0.2, -0.15) is 0 Å². The van der Waals surface area contributed by atoms with Crippen molar-refractivity contribution in [2.75, 3.05) is 11.9 Å². The van der Waals surface area contributed by atoms with Crippen molar-refractivity contribution in [1.29, 1.82) is 0 Å². The van der Waals surface area contributed by atoms with Crippen molar-refractivity contribution in [3.8, 4) is 11.8 Å². The Kier molecular flexibility index (Phi) is 5.05. The van der Waals surface area contributed by atoms with Gasteiger partial charge in [-0.25, -0.2) is 9.97 Å². The van der Waals surface area contributed by atoms with Gasteiger partial charge in [0.25, 0.3) is 0 Å². The van der Waals surface area contributed by atoms with Crippen LogP contribution in [0.1, 0.15) is 24.8 Å². The van der Waals surface area contributed by atoms with Crippen molar-refractivity contribution in [1.82, 2.24) is 9.97 Å². The molecule has 1 heterocycles.